The van der Waals surface area contributed by atoms with Gasteiger partial charge in [-0.25, -0.2) is 0 Å². The van der Waals surface area contributed by atoms with Crippen LogP contribution in [0.4, 0.5) is 5.69 Å². The van der Waals surface area contributed by atoms with E-state index in [4.69, 9.17) is 0 Å². The fourth-order valence-electron chi connectivity index (χ4n) is 2.67. The number of hydrogen-bond acceptors (Lipinski definition) is 2. The molecule has 0 heterocycles. The molecule has 86 valence electrons. The summed E-state index contributed by atoms with van der Waals surface area (Å²) in [6.07, 6.45) is 3.13. The van der Waals surface area contributed by atoms with Crippen LogP contribution in [0.3, 0.4) is 0 Å². The minimum atomic E-state index is 0.130. The van der Waals surface area contributed by atoms with Gasteiger partial charge in [-0.1, -0.05) is 12.1 Å². The molecule has 0 radical (unpaired) electrons. The first-order valence-electron chi connectivity index (χ1n) is 6.13. The second-order valence-corrected chi connectivity index (χ2v) is 4.30. The topological polar surface area (TPSA) is 20.3 Å². The first-order chi connectivity index (χ1) is 7.81. The highest BCUT2D eigenvalue weighted by Crippen LogP contribution is 2.37. The van der Waals surface area contributed by atoms with Crippen LogP contribution in [0.2, 0.25) is 0 Å². The van der Waals surface area contributed by atoms with E-state index in [1.807, 2.05) is 0 Å². The Morgan fingerprint density at radius 3 is 2.75 bits per heavy atom. The molecular formula is C14H19NO. The third kappa shape index (κ3) is 1.73. The second-order valence-electron chi connectivity index (χ2n) is 4.30. The summed E-state index contributed by atoms with van der Waals surface area (Å²) in [6, 6.07) is 6.36. The number of hydrogen-bond donors (Lipinski definition) is 0. The highest BCUT2D eigenvalue weighted by atomic mass is 16.1. The lowest BCUT2D eigenvalue weighted by Crippen LogP contribution is -2.23. The van der Waals surface area contributed by atoms with Gasteiger partial charge in [0.1, 0.15) is 6.29 Å². The van der Waals surface area contributed by atoms with Crippen LogP contribution >= 0.6 is 0 Å². The van der Waals surface area contributed by atoms with Crippen molar-refractivity contribution in [1.29, 1.82) is 0 Å². The third-order valence-corrected chi connectivity index (χ3v) is 3.56. The minimum absolute atomic E-state index is 0.130. The molecule has 0 fully saturated rings. The number of fused-ring (bicyclic) bond motifs is 1. The summed E-state index contributed by atoms with van der Waals surface area (Å²) in [4.78, 5) is 13.3. The maximum Gasteiger partial charge on any atom is 0.127 e. The molecule has 0 aromatic heterocycles. The number of rotatable bonds is 4. The number of anilines is 1. The van der Waals surface area contributed by atoms with Crippen LogP contribution in [-0.2, 0) is 11.2 Å². The Labute approximate surface area is 97.3 Å². The van der Waals surface area contributed by atoms with Crippen LogP contribution in [0.25, 0.3) is 0 Å². The Balaban J connectivity index is 2.42. The summed E-state index contributed by atoms with van der Waals surface area (Å²) in [7, 11) is 0. The molecule has 0 amide bonds. The van der Waals surface area contributed by atoms with Crippen molar-refractivity contribution in [2.45, 2.75) is 32.6 Å². The lowest BCUT2D eigenvalue weighted by Gasteiger charge is -2.24. The van der Waals surface area contributed by atoms with Crippen molar-refractivity contribution in [2.75, 3.05) is 18.0 Å². The molecule has 0 bridgehead atoms. The molecule has 1 unspecified atom stereocenters. The molecule has 0 saturated heterocycles. The summed E-state index contributed by atoms with van der Waals surface area (Å²) in [5.41, 5.74) is 3.97. The monoisotopic (exact) mass is 217 g/mol. The van der Waals surface area contributed by atoms with Crippen molar-refractivity contribution in [3.05, 3.63) is 29.3 Å². The zero-order valence-electron chi connectivity index (χ0n) is 10.1. The summed E-state index contributed by atoms with van der Waals surface area (Å²) in [6.45, 7) is 6.40. The fraction of sp³-hybridized carbons (Fsp3) is 0.500. The standard InChI is InChI=1S/C14H19NO/c1-3-15(4-2)14-7-5-6-12-11(10-16)8-9-13(12)14/h5-7,10-11H,3-4,8-9H2,1-2H3. The van der Waals surface area contributed by atoms with Gasteiger partial charge < -0.3 is 9.69 Å². The molecule has 1 aromatic rings. The minimum Gasteiger partial charge on any atom is -0.372 e. The largest absolute Gasteiger partial charge is 0.372 e. The third-order valence-electron chi connectivity index (χ3n) is 3.56. The van der Waals surface area contributed by atoms with E-state index in [1.165, 1.54) is 16.8 Å². The van der Waals surface area contributed by atoms with Crippen molar-refractivity contribution in [3.8, 4) is 0 Å². The van der Waals surface area contributed by atoms with Gasteiger partial charge in [-0.05, 0) is 43.9 Å². The maximum atomic E-state index is 11.0. The lowest BCUT2D eigenvalue weighted by atomic mass is 10.0. The van der Waals surface area contributed by atoms with Crippen molar-refractivity contribution in [1.82, 2.24) is 0 Å². The summed E-state index contributed by atoms with van der Waals surface area (Å²) in [5, 5.41) is 0. The number of carbonyl (C=O) groups excluding carboxylic acids is 1. The molecule has 0 saturated carbocycles. The highest BCUT2D eigenvalue weighted by Gasteiger charge is 2.24. The van der Waals surface area contributed by atoms with Crippen LogP contribution < -0.4 is 4.90 Å². The van der Waals surface area contributed by atoms with Gasteiger partial charge in [-0.2, -0.15) is 0 Å². The molecule has 2 rings (SSSR count). The van der Waals surface area contributed by atoms with Crippen LogP contribution in [0.1, 0.15) is 37.3 Å². The number of benzene rings is 1. The highest BCUT2D eigenvalue weighted by molar-refractivity contribution is 5.70. The Kier molecular flexibility index (Phi) is 3.28. The fourth-order valence-corrected chi connectivity index (χ4v) is 2.67. The van der Waals surface area contributed by atoms with Gasteiger partial charge in [0, 0.05) is 24.7 Å². The molecular weight excluding hydrogens is 198 g/mol. The van der Waals surface area contributed by atoms with Crippen molar-refractivity contribution in [3.63, 3.8) is 0 Å². The van der Waals surface area contributed by atoms with Gasteiger partial charge in [0.05, 0.1) is 0 Å². The second kappa shape index (κ2) is 4.69. The van der Waals surface area contributed by atoms with Gasteiger partial charge in [0.15, 0.2) is 0 Å². The van der Waals surface area contributed by atoms with Crippen LogP contribution in [-0.4, -0.2) is 19.4 Å². The van der Waals surface area contributed by atoms with E-state index in [1.54, 1.807) is 0 Å². The molecule has 1 aliphatic carbocycles. The Morgan fingerprint density at radius 2 is 2.12 bits per heavy atom. The van der Waals surface area contributed by atoms with E-state index in [0.717, 1.165) is 32.2 Å². The van der Waals surface area contributed by atoms with Gasteiger partial charge in [-0.3, -0.25) is 0 Å². The lowest BCUT2D eigenvalue weighted by molar-refractivity contribution is -0.109. The zero-order chi connectivity index (χ0) is 11.5. The van der Waals surface area contributed by atoms with Crippen LogP contribution in [0, 0.1) is 0 Å². The molecule has 2 heteroatoms. The number of aldehydes is 1. The summed E-state index contributed by atoms with van der Waals surface area (Å²) in [5.74, 6) is 0.130. The molecule has 0 aliphatic heterocycles. The van der Waals surface area contributed by atoms with E-state index >= 15 is 0 Å². The quantitative estimate of drug-likeness (QED) is 0.723. The zero-order valence-corrected chi connectivity index (χ0v) is 10.1. The average Bonchev–Trinajstić information content (AvgIpc) is 2.74. The van der Waals surface area contributed by atoms with Crippen LogP contribution in [0.5, 0.6) is 0 Å². The summed E-state index contributed by atoms with van der Waals surface area (Å²) >= 11 is 0. The van der Waals surface area contributed by atoms with E-state index in [-0.39, 0.29) is 5.92 Å². The average molecular weight is 217 g/mol. The normalized spacial score (nSPS) is 18.2. The molecule has 0 N–H and O–H groups in total. The molecule has 1 aromatic carbocycles. The number of nitrogens with zero attached hydrogens (tertiary/aromatic N) is 1. The first-order valence-corrected chi connectivity index (χ1v) is 6.13. The molecule has 2 nitrogen and oxygen atoms in total. The van der Waals surface area contributed by atoms with Gasteiger partial charge in [-0.15, -0.1) is 0 Å². The van der Waals surface area contributed by atoms with Crippen molar-refractivity contribution in [2.24, 2.45) is 0 Å². The molecule has 0 spiro atoms. The molecule has 1 atom stereocenters. The van der Waals surface area contributed by atoms with Gasteiger partial charge in [0.25, 0.3) is 0 Å². The Bertz CT molecular complexity index is 382. The van der Waals surface area contributed by atoms with E-state index in [9.17, 15) is 4.79 Å². The Morgan fingerprint density at radius 1 is 1.38 bits per heavy atom. The van der Waals surface area contributed by atoms with E-state index in [2.05, 4.69) is 36.9 Å². The predicted octanol–water partition coefficient (Wildman–Crippen LogP) is 2.76. The smallest absolute Gasteiger partial charge is 0.127 e. The molecule has 1 aliphatic rings. The maximum absolute atomic E-state index is 11.0. The summed E-state index contributed by atoms with van der Waals surface area (Å²) < 4.78 is 0. The predicted molar refractivity (Wildman–Crippen MR) is 67.1 cm³/mol. The number of carbonyl (C=O) groups is 1. The van der Waals surface area contributed by atoms with Crippen molar-refractivity contribution >= 4 is 12.0 Å². The van der Waals surface area contributed by atoms with Gasteiger partial charge >= 0.3 is 0 Å². The van der Waals surface area contributed by atoms with Crippen molar-refractivity contribution < 1.29 is 4.79 Å². The van der Waals surface area contributed by atoms with E-state index in [0.29, 0.717) is 0 Å². The van der Waals surface area contributed by atoms with Gasteiger partial charge in [0.2, 0.25) is 0 Å². The molecule has 16 heavy (non-hydrogen) atoms. The van der Waals surface area contributed by atoms with E-state index < -0.39 is 0 Å². The SMILES string of the molecule is CCN(CC)c1cccc2c1CCC2C=O. The Hall–Kier alpha value is -1.31. The van der Waals surface area contributed by atoms with Crippen LogP contribution in [0.15, 0.2) is 18.2 Å². The first kappa shape index (κ1) is 11.2.